The molecular formula is C33H26F3NO2. The number of oxime groups is 1. The van der Waals surface area contributed by atoms with Crippen molar-refractivity contribution >= 4 is 23.3 Å². The molecule has 39 heavy (non-hydrogen) atoms. The number of alkyl halides is 3. The maximum absolute atomic E-state index is 12.8. The smallest absolute Gasteiger partial charge is 0.309 e. The topological polar surface area (TPSA) is 38.7 Å². The Balaban J connectivity index is 1.93. The molecule has 0 aliphatic carbocycles. The van der Waals surface area contributed by atoms with Crippen molar-refractivity contribution in [2.75, 3.05) is 0 Å². The maximum Gasteiger partial charge on any atom is 0.493 e. The van der Waals surface area contributed by atoms with Crippen LogP contribution in [0.1, 0.15) is 29.2 Å². The number of carbonyl (C=O) groups is 1. The van der Waals surface area contributed by atoms with Gasteiger partial charge in [-0.2, -0.15) is 13.2 Å². The first-order valence-corrected chi connectivity index (χ1v) is 12.3. The fraction of sp³-hybridized carbons (Fsp3) is 0.0909. The molecule has 0 N–H and O–H groups in total. The number of hydrogen-bond donors (Lipinski definition) is 0. The quantitative estimate of drug-likeness (QED) is 0.132. The molecule has 0 heterocycles. The van der Waals surface area contributed by atoms with E-state index in [0.717, 1.165) is 33.4 Å². The lowest BCUT2D eigenvalue weighted by Gasteiger charge is -2.22. The van der Waals surface area contributed by atoms with E-state index in [1.54, 1.807) is 6.92 Å². The molecule has 0 radical (unpaired) electrons. The first-order valence-electron chi connectivity index (χ1n) is 12.3. The Bertz CT molecular complexity index is 1290. The van der Waals surface area contributed by atoms with E-state index in [1.165, 1.54) is 6.21 Å². The van der Waals surface area contributed by atoms with Crippen LogP contribution in [0.15, 0.2) is 139 Å². The maximum atomic E-state index is 12.8. The van der Waals surface area contributed by atoms with Gasteiger partial charge in [0.2, 0.25) is 0 Å². The van der Waals surface area contributed by atoms with Crippen molar-refractivity contribution in [2.24, 2.45) is 10.6 Å². The van der Waals surface area contributed by atoms with Crippen molar-refractivity contribution < 1.29 is 22.8 Å². The lowest BCUT2D eigenvalue weighted by Crippen LogP contribution is -2.24. The summed E-state index contributed by atoms with van der Waals surface area (Å²) in [5, 5.41) is 3.51. The SMILES string of the molecule is CC(C=C(c1ccccc1)c1ccccc1)(C=C(c1ccccc1)c1ccccc1)/C=N\OC(=O)C(F)(F)F. The van der Waals surface area contributed by atoms with Crippen molar-refractivity contribution in [1.29, 1.82) is 0 Å². The zero-order valence-corrected chi connectivity index (χ0v) is 21.2. The number of rotatable bonds is 8. The van der Waals surface area contributed by atoms with Crippen molar-refractivity contribution in [3.05, 3.63) is 156 Å². The van der Waals surface area contributed by atoms with Crippen LogP contribution in [-0.4, -0.2) is 18.4 Å². The van der Waals surface area contributed by atoms with Gasteiger partial charge in [-0.1, -0.05) is 139 Å². The summed E-state index contributed by atoms with van der Waals surface area (Å²) in [7, 11) is 0. The average Bonchev–Trinajstić information content (AvgIpc) is 2.96. The van der Waals surface area contributed by atoms with Gasteiger partial charge >= 0.3 is 12.1 Å². The number of carbonyl (C=O) groups excluding carboxylic acids is 1. The summed E-state index contributed by atoms with van der Waals surface area (Å²) in [5.74, 6) is -2.38. The standard InChI is InChI=1S/C33H26F3NO2/c1-32(24-37-39-31(38)33(34,35)36,22-29(25-14-6-2-7-15-25)26-16-8-3-9-17-26)23-30(27-18-10-4-11-19-27)28-20-12-5-13-21-28/h2-24H,1H3/b37-24-. The van der Waals surface area contributed by atoms with Crippen molar-refractivity contribution in [3.63, 3.8) is 0 Å². The molecule has 0 fully saturated rings. The summed E-state index contributed by atoms with van der Waals surface area (Å²) >= 11 is 0. The van der Waals surface area contributed by atoms with Gasteiger partial charge in [0.05, 0.1) is 6.21 Å². The Morgan fingerprint density at radius 2 is 0.923 bits per heavy atom. The number of allylic oxidation sites excluding steroid dienone is 2. The molecule has 0 aromatic heterocycles. The van der Waals surface area contributed by atoms with Crippen LogP contribution in [0.2, 0.25) is 0 Å². The Kier molecular flexibility index (Phi) is 8.56. The highest BCUT2D eigenvalue weighted by molar-refractivity contribution is 5.89. The Morgan fingerprint density at radius 1 is 0.615 bits per heavy atom. The number of halogens is 3. The largest absolute Gasteiger partial charge is 0.493 e. The number of hydrogen-bond acceptors (Lipinski definition) is 3. The molecule has 4 aromatic rings. The van der Waals surface area contributed by atoms with Crippen LogP contribution in [0.25, 0.3) is 11.1 Å². The van der Waals surface area contributed by atoms with Gasteiger partial charge in [-0.25, -0.2) is 4.79 Å². The van der Waals surface area contributed by atoms with Gasteiger partial charge in [0.1, 0.15) is 0 Å². The van der Waals surface area contributed by atoms with Gasteiger partial charge < -0.3 is 4.84 Å². The second-order valence-electron chi connectivity index (χ2n) is 9.06. The highest BCUT2D eigenvalue weighted by atomic mass is 19.4. The third kappa shape index (κ3) is 7.42. The highest BCUT2D eigenvalue weighted by Gasteiger charge is 2.41. The first-order chi connectivity index (χ1) is 18.8. The van der Waals surface area contributed by atoms with E-state index in [2.05, 4.69) is 9.99 Å². The molecule has 4 rings (SSSR count). The molecule has 196 valence electrons. The van der Waals surface area contributed by atoms with Gasteiger partial charge in [0, 0.05) is 5.41 Å². The fourth-order valence-corrected chi connectivity index (χ4v) is 4.12. The summed E-state index contributed by atoms with van der Waals surface area (Å²) in [6.07, 6.45) is -0.116. The lowest BCUT2D eigenvalue weighted by molar-refractivity contribution is -0.199. The summed E-state index contributed by atoms with van der Waals surface area (Å²) in [4.78, 5) is 15.6. The van der Waals surface area contributed by atoms with Gasteiger partial charge in [-0.15, -0.1) is 0 Å². The van der Waals surface area contributed by atoms with Gasteiger partial charge in [0.15, 0.2) is 0 Å². The van der Waals surface area contributed by atoms with Crippen LogP contribution in [-0.2, 0) is 9.63 Å². The molecule has 0 saturated carbocycles. The van der Waals surface area contributed by atoms with Gasteiger partial charge in [0.25, 0.3) is 0 Å². The average molecular weight is 526 g/mol. The van der Waals surface area contributed by atoms with E-state index in [0.29, 0.717) is 0 Å². The lowest BCUT2D eigenvalue weighted by atomic mass is 9.81. The molecule has 0 spiro atoms. The highest BCUT2D eigenvalue weighted by Crippen LogP contribution is 2.34. The van der Waals surface area contributed by atoms with E-state index in [4.69, 9.17) is 0 Å². The van der Waals surface area contributed by atoms with Crippen LogP contribution in [0.5, 0.6) is 0 Å². The second kappa shape index (κ2) is 12.2. The summed E-state index contributed by atoms with van der Waals surface area (Å²) < 4.78 is 38.4. The molecule has 0 bridgehead atoms. The zero-order chi connectivity index (χ0) is 27.7. The monoisotopic (exact) mass is 525 g/mol. The minimum atomic E-state index is -5.15. The first kappa shape index (κ1) is 27.3. The third-order valence-corrected chi connectivity index (χ3v) is 5.95. The van der Waals surface area contributed by atoms with E-state index >= 15 is 0 Å². The van der Waals surface area contributed by atoms with Crippen LogP contribution in [0.4, 0.5) is 13.2 Å². The molecule has 0 atom stereocenters. The molecule has 0 aliphatic rings. The fourth-order valence-electron chi connectivity index (χ4n) is 4.12. The number of nitrogens with zero attached hydrogens (tertiary/aromatic N) is 1. The van der Waals surface area contributed by atoms with Gasteiger partial charge in [-0.05, 0) is 40.3 Å². The predicted octanol–water partition coefficient (Wildman–Crippen LogP) is 8.35. The molecule has 0 aliphatic heterocycles. The minimum Gasteiger partial charge on any atom is -0.309 e. The van der Waals surface area contributed by atoms with Crippen LogP contribution in [0, 0.1) is 5.41 Å². The zero-order valence-electron chi connectivity index (χ0n) is 21.2. The van der Waals surface area contributed by atoms with Crippen LogP contribution < -0.4 is 0 Å². The van der Waals surface area contributed by atoms with E-state index in [1.807, 2.05) is 133 Å². The summed E-state index contributed by atoms with van der Waals surface area (Å²) in [6, 6.07) is 38.6. The Labute approximate surface area is 225 Å². The summed E-state index contributed by atoms with van der Waals surface area (Å²) in [5.41, 5.74) is 4.21. The third-order valence-electron chi connectivity index (χ3n) is 5.95. The van der Waals surface area contributed by atoms with Crippen molar-refractivity contribution in [2.45, 2.75) is 13.1 Å². The van der Waals surface area contributed by atoms with E-state index in [9.17, 15) is 18.0 Å². The van der Waals surface area contributed by atoms with Crippen molar-refractivity contribution in [1.82, 2.24) is 0 Å². The van der Waals surface area contributed by atoms with Crippen molar-refractivity contribution in [3.8, 4) is 0 Å². The Morgan fingerprint density at radius 3 is 1.21 bits per heavy atom. The predicted molar refractivity (Wildman–Crippen MR) is 149 cm³/mol. The molecule has 0 amide bonds. The van der Waals surface area contributed by atoms with Crippen LogP contribution >= 0.6 is 0 Å². The van der Waals surface area contributed by atoms with E-state index < -0.39 is 17.6 Å². The summed E-state index contributed by atoms with van der Waals surface area (Å²) in [6.45, 7) is 1.80. The van der Waals surface area contributed by atoms with Gasteiger partial charge in [-0.3, -0.25) is 0 Å². The Hall–Kier alpha value is -4.71. The normalized spacial score (nSPS) is 11.6. The van der Waals surface area contributed by atoms with E-state index in [-0.39, 0.29) is 0 Å². The minimum absolute atomic E-state index is 0.837. The molecule has 0 unspecified atom stereocenters. The molecule has 0 saturated heterocycles. The molecule has 4 aromatic carbocycles. The molecule has 3 nitrogen and oxygen atoms in total. The molecule has 6 heteroatoms. The second-order valence-corrected chi connectivity index (χ2v) is 9.06. The molecular weight excluding hydrogens is 499 g/mol. The van der Waals surface area contributed by atoms with Crippen LogP contribution in [0.3, 0.4) is 0 Å². The number of benzene rings is 4.